The molecule has 1 aromatic rings. The lowest BCUT2D eigenvalue weighted by Crippen LogP contribution is -2.54. The molecule has 1 aromatic carbocycles. The smallest absolute Gasteiger partial charge is 0.224 e. The molecule has 25 heavy (non-hydrogen) atoms. The summed E-state index contributed by atoms with van der Waals surface area (Å²) in [7, 11) is 0. The SMILES string of the molecule is NC1CC2CCCC(C1)C2NC(=O)Cc1cc(Cl)c2c(c1)OCCO2. The molecule has 6 heteroatoms. The normalized spacial score (nSPS) is 30.6. The molecule has 0 radical (unpaired) electrons. The number of fused-ring (bicyclic) bond motifs is 3. The Labute approximate surface area is 153 Å². The fraction of sp³-hybridized carbons (Fsp3) is 0.632. The molecule has 2 atom stereocenters. The molecule has 2 unspecified atom stereocenters. The number of ether oxygens (including phenoxy) is 2. The molecular weight excluding hydrogens is 340 g/mol. The van der Waals surface area contributed by atoms with Crippen molar-refractivity contribution in [2.24, 2.45) is 17.6 Å². The maximum Gasteiger partial charge on any atom is 0.224 e. The van der Waals surface area contributed by atoms with Crippen LogP contribution in [0.2, 0.25) is 5.02 Å². The van der Waals surface area contributed by atoms with Crippen molar-refractivity contribution in [3.05, 3.63) is 22.7 Å². The Balaban J connectivity index is 1.43. The molecule has 2 aliphatic carbocycles. The van der Waals surface area contributed by atoms with Gasteiger partial charge in [0.05, 0.1) is 11.4 Å². The largest absolute Gasteiger partial charge is 0.486 e. The number of amides is 1. The van der Waals surface area contributed by atoms with Gasteiger partial charge in [-0.1, -0.05) is 18.0 Å². The molecule has 5 nitrogen and oxygen atoms in total. The minimum Gasteiger partial charge on any atom is -0.486 e. The second-order valence-electron chi connectivity index (χ2n) is 7.55. The molecule has 4 rings (SSSR count). The van der Waals surface area contributed by atoms with Crippen molar-refractivity contribution in [1.29, 1.82) is 0 Å². The van der Waals surface area contributed by atoms with Gasteiger partial charge in [-0.15, -0.1) is 0 Å². The first-order chi connectivity index (χ1) is 12.1. The van der Waals surface area contributed by atoms with Crippen molar-refractivity contribution in [3.8, 4) is 11.5 Å². The van der Waals surface area contributed by atoms with Crippen LogP contribution in [-0.2, 0) is 11.2 Å². The Bertz CT molecular complexity index is 652. The van der Waals surface area contributed by atoms with Crippen LogP contribution in [0.1, 0.15) is 37.7 Å². The first kappa shape index (κ1) is 17.0. The van der Waals surface area contributed by atoms with Crippen LogP contribution < -0.4 is 20.5 Å². The van der Waals surface area contributed by atoms with Gasteiger partial charge in [-0.05, 0) is 55.2 Å². The second kappa shape index (κ2) is 7.04. The minimum atomic E-state index is 0.0464. The molecule has 2 fully saturated rings. The monoisotopic (exact) mass is 364 g/mol. The summed E-state index contributed by atoms with van der Waals surface area (Å²) >= 11 is 6.27. The number of rotatable bonds is 3. The zero-order valence-corrected chi connectivity index (χ0v) is 15.1. The summed E-state index contributed by atoms with van der Waals surface area (Å²) in [5, 5.41) is 3.78. The Morgan fingerprint density at radius 1 is 1.20 bits per heavy atom. The summed E-state index contributed by atoms with van der Waals surface area (Å²) in [5.74, 6) is 2.30. The third-order valence-corrected chi connectivity index (χ3v) is 6.01. The Hall–Kier alpha value is -1.46. The lowest BCUT2D eigenvalue weighted by atomic mass is 9.67. The van der Waals surface area contributed by atoms with E-state index >= 15 is 0 Å². The number of nitrogens with one attached hydrogen (secondary N) is 1. The fourth-order valence-electron chi connectivity index (χ4n) is 4.71. The van der Waals surface area contributed by atoms with E-state index in [0.717, 1.165) is 18.4 Å². The topological polar surface area (TPSA) is 73.6 Å². The van der Waals surface area contributed by atoms with E-state index in [-0.39, 0.29) is 11.9 Å². The summed E-state index contributed by atoms with van der Waals surface area (Å²) in [6, 6.07) is 4.22. The maximum atomic E-state index is 12.6. The van der Waals surface area contributed by atoms with E-state index in [1.165, 1.54) is 19.3 Å². The van der Waals surface area contributed by atoms with Crippen LogP contribution in [-0.4, -0.2) is 31.2 Å². The van der Waals surface area contributed by atoms with Crippen LogP contribution >= 0.6 is 11.6 Å². The molecule has 136 valence electrons. The van der Waals surface area contributed by atoms with Crippen LogP contribution in [0, 0.1) is 11.8 Å². The Morgan fingerprint density at radius 3 is 2.68 bits per heavy atom. The number of hydrogen-bond donors (Lipinski definition) is 2. The molecule has 2 bridgehead atoms. The van der Waals surface area contributed by atoms with Gasteiger partial charge in [0.15, 0.2) is 11.5 Å². The van der Waals surface area contributed by atoms with Crippen LogP contribution in [0.3, 0.4) is 0 Å². The first-order valence-corrected chi connectivity index (χ1v) is 9.61. The summed E-state index contributed by atoms with van der Waals surface area (Å²) in [6.45, 7) is 1.00. The molecule has 1 amide bonds. The Morgan fingerprint density at radius 2 is 1.92 bits per heavy atom. The van der Waals surface area contributed by atoms with E-state index in [2.05, 4.69) is 5.32 Å². The average molecular weight is 365 g/mol. The second-order valence-corrected chi connectivity index (χ2v) is 7.96. The van der Waals surface area contributed by atoms with Crippen molar-refractivity contribution in [3.63, 3.8) is 0 Å². The van der Waals surface area contributed by atoms with E-state index in [0.29, 0.717) is 54.0 Å². The average Bonchev–Trinajstić information content (AvgIpc) is 2.56. The van der Waals surface area contributed by atoms with E-state index in [1.54, 1.807) is 6.07 Å². The van der Waals surface area contributed by atoms with E-state index in [9.17, 15) is 4.79 Å². The quantitative estimate of drug-likeness (QED) is 0.864. The molecule has 1 heterocycles. The van der Waals surface area contributed by atoms with Crippen LogP contribution in [0.4, 0.5) is 0 Å². The number of carbonyl (C=O) groups is 1. The molecule has 0 spiro atoms. The van der Waals surface area contributed by atoms with Gasteiger partial charge in [0.25, 0.3) is 0 Å². The van der Waals surface area contributed by atoms with Gasteiger partial charge < -0.3 is 20.5 Å². The molecule has 3 aliphatic rings. The van der Waals surface area contributed by atoms with Crippen molar-refractivity contribution in [2.45, 2.75) is 50.6 Å². The molecule has 0 aromatic heterocycles. The van der Waals surface area contributed by atoms with E-state index < -0.39 is 0 Å². The summed E-state index contributed by atoms with van der Waals surface area (Å²) in [4.78, 5) is 12.6. The summed E-state index contributed by atoms with van der Waals surface area (Å²) in [5.41, 5.74) is 7.02. The van der Waals surface area contributed by atoms with Crippen molar-refractivity contribution in [2.75, 3.05) is 13.2 Å². The third-order valence-electron chi connectivity index (χ3n) is 5.73. The molecule has 2 saturated carbocycles. The number of hydrogen-bond acceptors (Lipinski definition) is 4. The van der Waals surface area contributed by atoms with Crippen molar-refractivity contribution < 1.29 is 14.3 Å². The molecule has 1 aliphatic heterocycles. The number of carbonyl (C=O) groups excluding carboxylic acids is 1. The van der Waals surface area contributed by atoms with Crippen molar-refractivity contribution >= 4 is 17.5 Å². The van der Waals surface area contributed by atoms with Gasteiger partial charge in [-0.25, -0.2) is 0 Å². The van der Waals surface area contributed by atoms with Gasteiger partial charge >= 0.3 is 0 Å². The van der Waals surface area contributed by atoms with Gasteiger partial charge in [-0.2, -0.15) is 0 Å². The lowest BCUT2D eigenvalue weighted by molar-refractivity contribution is -0.122. The van der Waals surface area contributed by atoms with Gasteiger partial charge in [-0.3, -0.25) is 4.79 Å². The summed E-state index contributed by atoms with van der Waals surface area (Å²) < 4.78 is 11.1. The summed E-state index contributed by atoms with van der Waals surface area (Å²) in [6.07, 6.45) is 5.95. The zero-order valence-electron chi connectivity index (χ0n) is 14.3. The highest BCUT2D eigenvalue weighted by atomic mass is 35.5. The van der Waals surface area contributed by atoms with Gasteiger partial charge in [0.2, 0.25) is 5.91 Å². The van der Waals surface area contributed by atoms with E-state index in [4.69, 9.17) is 26.8 Å². The van der Waals surface area contributed by atoms with Crippen LogP contribution in [0.5, 0.6) is 11.5 Å². The minimum absolute atomic E-state index is 0.0464. The highest BCUT2D eigenvalue weighted by Gasteiger charge is 2.39. The predicted molar refractivity (Wildman–Crippen MR) is 96.1 cm³/mol. The zero-order chi connectivity index (χ0) is 17.4. The highest BCUT2D eigenvalue weighted by Crippen LogP contribution is 2.40. The maximum absolute atomic E-state index is 12.6. The highest BCUT2D eigenvalue weighted by molar-refractivity contribution is 6.32. The van der Waals surface area contributed by atoms with E-state index in [1.807, 2.05) is 6.07 Å². The van der Waals surface area contributed by atoms with Crippen LogP contribution in [0.15, 0.2) is 12.1 Å². The van der Waals surface area contributed by atoms with Crippen molar-refractivity contribution in [1.82, 2.24) is 5.32 Å². The predicted octanol–water partition coefficient (Wildman–Crippen LogP) is 2.68. The molecule has 3 N–H and O–H groups in total. The fourth-order valence-corrected chi connectivity index (χ4v) is 5.00. The first-order valence-electron chi connectivity index (χ1n) is 9.23. The van der Waals surface area contributed by atoms with Gasteiger partial charge in [0, 0.05) is 12.1 Å². The van der Waals surface area contributed by atoms with Gasteiger partial charge in [0.1, 0.15) is 13.2 Å². The Kier molecular flexibility index (Phi) is 4.78. The third kappa shape index (κ3) is 3.58. The molecule has 0 saturated heterocycles. The number of benzene rings is 1. The lowest BCUT2D eigenvalue weighted by Gasteiger charge is -2.45. The van der Waals surface area contributed by atoms with Crippen LogP contribution in [0.25, 0.3) is 0 Å². The molecular formula is C19H25ClN2O3. The number of nitrogens with two attached hydrogens (primary N) is 1. The number of halogens is 1. The standard InChI is InChI=1S/C19H25ClN2O3/c20-15-6-11(7-16-19(15)25-5-4-24-16)8-17(23)22-18-12-2-1-3-13(18)10-14(21)9-12/h6-7,12-14,18H,1-5,8-10,21H2,(H,22,23).